The van der Waals surface area contributed by atoms with Gasteiger partial charge in [-0.3, -0.25) is 9.48 Å². The summed E-state index contributed by atoms with van der Waals surface area (Å²) in [6.07, 6.45) is 9.34. The van der Waals surface area contributed by atoms with E-state index in [0.717, 1.165) is 36.0 Å². The van der Waals surface area contributed by atoms with Gasteiger partial charge in [-0.2, -0.15) is 5.10 Å². The number of carbonyl (C=O) groups excluding carboxylic acids is 1. The normalized spacial score (nSPS) is 18.2. The van der Waals surface area contributed by atoms with Crippen LogP contribution >= 0.6 is 0 Å². The summed E-state index contributed by atoms with van der Waals surface area (Å²) in [5.41, 5.74) is 2.55. The molecule has 3 aromatic heterocycles. The molecule has 22 heavy (non-hydrogen) atoms. The second-order valence-electron chi connectivity index (χ2n) is 5.71. The van der Waals surface area contributed by atoms with Crippen LogP contribution in [0.5, 0.6) is 0 Å². The van der Waals surface area contributed by atoms with Gasteiger partial charge in [0.1, 0.15) is 5.65 Å². The molecule has 0 saturated carbocycles. The van der Waals surface area contributed by atoms with Gasteiger partial charge in [0.15, 0.2) is 0 Å². The molecular weight excluding hydrogens is 278 g/mol. The number of fused-ring (bicyclic) bond motifs is 1. The molecular formula is C16H17N5O. The van der Waals surface area contributed by atoms with Crippen molar-refractivity contribution in [3.8, 4) is 0 Å². The summed E-state index contributed by atoms with van der Waals surface area (Å²) >= 11 is 0. The molecule has 0 aromatic carbocycles. The van der Waals surface area contributed by atoms with E-state index in [1.165, 1.54) is 0 Å². The maximum atomic E-state index is 13.0. The number of pyridine rings is 1. The fraction of sp³-hybridized carbons (Fsp3) is 0.312. The fourth-order valence-electron chi connectivity index (χ4n) is 3.26. The van der Waals surface area contributed by atoms with Crippen molar-refractivity contribution >= 4 is 16.9 Å². The first-order valence-corrected chi connectivity index (χ1v) is 7.45. The minimum atomic E-state index is 0.0607. The van der Waals surface area contributed by atoms with E-state index in [1.54, 1.807) is 17.1 Å². The van der Waals surface area contributed by atoms with Gasteiger partial charge in [0, 0.05) is 43.1 Å². The number of amides is 1. The molecule has 1 aliphatic heterocycles. The van der Waals surface area contributed by atoms with Crippen molar-refractivity contribution in [1.29, 1.82) is 0 Å². The largest absolute Gasteiger partial charge is 0.345 e. The third-order valence-corrected chi connectivity index (χ3v) is 4.30. The van der Waals surface area contributed by atoms with Crippen molar-refractivity contribution < 1.29 is 4.79 Å². The Morgan fingerprint density at radius 3 is 3.18 bits per heavy atom. The van der Waals surface area contributed by atoms with Crippen molar-refractivity contribution in [3.63, 3.8) is 0 Å². The zero-order chi connectivity index (χ0) is 15.1. The summed E-state index contributed by atoms with van der Waals surface area (Å²) in [5, 5.41) is 5.11. The van der Waals surface area contributed by atoms with Gasteiger partial charge in [-0.05, 0) is 25.0 Å². The van der Waals surface area contributed by atoms with Gasteiger partial charge in [-0.15, -0.1) is 0 Å². The average molecular weight is 295 g/mol. The molecule has 1 saturated heterocycles. The smallest absolute Gasteiger partial charge is 0.256 e. The maximum absolute atomic E-state index is 13.0. The van der Waals surface area contributed by atoms with Crippen LogP contribution in [0.25, 0.3) is 11.0 Å². The summed E-state index contributed by atoms with van der Waals surface area (Å²) in [7, 11) is 1.90. The second-order valence-corrected chi connectivity index (χ2v) is 5.71. The third-order valence-electron chi connectivity index (χ3n) is 4.30. The number of hydrogen-bond acceptors (Lipinski definition) is 3. The van der Waals surface area contributed by atoms with E-state index < -0.39 is 0 Å². The number of nitrogens with zero attached hydrogens (tertiary/aromatic N) is 4. The second kappa shape index (κ2) is 4.98. The molecule has 112 valence electrons. The Bertz CT molecular complexity index is 834. The van der Waals surface area contributed by atoms with Gasteiger partial charge in [0.25, 0.3) is 5.91 Å². The van der Waals surface area contributed by atoms with Crippen LogP contribution in [-0.2, 0) is 7.05 Å². The Hall–Kier alpha value is -2.63. The molecule has 0 bridgehead atoms. The molecule has 0 aliphatic carbocycles. The minimum absolute atomic E-state index is 0.0607. The van der Waals surface area contributed by atoms with Crippen molar-refractivity contribution in [2.75, 3.05) is 6.54 Å². The van der Waals surface area contributed by atoms with Gasteiger partial charge in [0.05, 0.1) is 17.8 Å². The lowest BCUT2D eigenvalue weighted by Gasteiger charge is -2.23. The van der Waals surface area contributed by atoms with Gasteiger partial charge in [0.2, 0.25) is 0 Å². The third kappa shape index (κ3) is 1.99. The summed E-state index contributed by atoms with van der Waals surface area (Å²) in [4.78, 5) is 22.2. The van der Waals surface area contributed by atoms with Gasteiger partial charge in [-0.25, -0.2) is 4.98 Å². The first-order chi connectivity index (χ1) is 10.7. The van der Waals surface area contributed by atoms with Crippen LogP contribution in [0.15, 0.2) is 36.9 Å². The molecule has 4 rings (SSSR count). The van der Waals surface area contributed by atoms with Crippen LogP contribution < -0.4 is 0 Å². The lowest BCUT2D eigenvalue weighted by molar-refractivity contribution is 0.0737. The van der Waals surface area contributed by atoms with E-state index in [4.69, 9.17) is 0 Å². The summed E-state index contributed by atoms with van der Waals surface area (Å²) in [5.74, 6) is 0.0607. The highest BCUT2D eigenvalue weighted by atomic mass is 16.2. The number of H-pyrrole nitrogens is 1. The average Bonchev–Trinajstić information content (AvgIpc) is 3.25. The topological polar surface area (TPSA) is 66.8 Å². The van der Waals surface area contributed by atoms with Gasteiger partial charge >= 0.3 is 0 Å². The molecule has 0 radical (unpaired) electrons. The lowest BCUT2D eigenvalue weighted by Crippen LogP contribution is -2.30. The molecule has 0 spiro atoms. The molecule has 1 fully saturated rings. The van der Waals surface area contributed by atoms with E-state index in [2.05, 4.69) is 15.1 Å². The van der Waals surface area contributed by atoms with E-state index >= 15 is 0 Å². The Balaban J connectivity index is 1.69. The molecule has 6 nitrogen and oxygen atoms in total. The van der Waals surface area contributed by atoms with Crippen LogP contribution in [-0.4, -0.2) is 37.1 Å². The molecule has 1 amide bonds. The zero-order valence-electron chi connectivity index (χ0n) is 12.4. The number of nitrogens with one attached hydrogen (secondary N) is 1. The Kier molecular flexibility index (Phi) is 2.96. The maximum Gasteiger partial charge on any atom is 0.256 e. The highest BCUT2D eigenvalue weighted by Gasteiger charge is 2.32. The quantitative estimate of drug-likeness (QED) is 0.788. The van der Waals surface area contributed by atoms with E-state index in [-0.39, 0.29) is 11.9 Å². The first-order valence-electron chi connectivity index (χ1n) is 7.45. The highest BCUT2D eigenvalue weighted by molar-refractivity contribution is 6.06. The number of aryl methyl sites for hydroxylation is 1. The van der Waals surface area contributed by atoms with Crippen molar-refractivity contribution in [2.24, 2.45) is 7.05 Å². The Labute approximate surface area is 127 Å². The zero-order valence-corrected chi connectivity index (χ0v) is 12.4. The highest BCUT2D eigenvalue weighted by Crippen LogP contribution is 2.33. The van der Waals surface area contributed by atoms with Gasteiger partial charge < -0.3 is 9.88 Å². The van der Waals surface area contributed by atoms with Crippen LogP contribution in [0, 0.1) is 0 Å². The van der Waals surface area contributed by atoms with Crippen LogP contribution in [0.2, 0.25) is 0 Å². The monoisotopic (exact) mass is 295 g/mol. The fourth-order valence-corrected chi connectivity index (χ4v) is 3.26. The predicted octanol–water partition coefficient (Wildman–Crippen LogP) is 2.27. The van der Waals surface area contributed by atoms with Crippen LogP contribution in [0.4, 0.5) is 0 Å². The number of carbonyl (C=O) groups is 1. The molecule has 1 atom stereocenters. The Morgan fingerprint density at radius 1 is 1.45 bits per heavy atom. The van der Waals surface area contributed by atoms with Crippen molar-refractivity contribution in [3.05, 3.63) is 48.0 Å². The molecule has 4 heterocycles. The van der Waals surface area contributed by atoms with E-state index in [0.29, 0.717) is 5.56 Å². The van der Waals surface area contributed by atoms with Gasteiger partial charge in [-0.1, -0.05) is 0 Å². The van der Waals surface area contributed by atoms with Crippen molar-refractivity contribution in [2.45, 2.75) is 18.9 Å². The number of aromatic amines is 1. The summed E-state index contributed by atoms with van der Waals surface area (Å²) in [6, 6.07) is 3.90. The minimum Gasteiger partial charge on any atom is -0.345 e. The van der Waals surface area contributed by atoms with Crippen LogP contribution in [0.1, 0.15) is 34.8 Å². The molecule has 1 unspecified atom stereocenters. The SMILES string of the molecule is Cn1cc(C2CCCN2C(=O)c2c[nH]c3ncccc23)cn1. The number of aromatic nitrogens is 4. The molecule has 3 aromatic rings. The van der Waals surface area contributed by atoms with E-state index in [1.807, 2.05) is 36.5 Å². The standard InChI is InChI=1S/C16H17N5O/c1-20-10-11(8-19-20)14-5-3-7-21(14)16(22)13-9-18-15-12(13)4-2-6-17-15/h2,4,6,8-10,14H,3,5,7H2,1H3,(H,17,18). The predicted molar refractivity (Wildman–Crippen MR) is 82.3 cm³/mol. The molecule has 1 aliphatic rings. The summed E-state index contributed by atoms with van der Waals surface area (Å²) < 4.78 is 1.78. The molecule has 6 heteroatoms. The first kappa shape index (κ1) is 13.1. The van der Waals surface area contributed by atoms with Crippen LogP contribution in [0.3, 0.4) is 0 Å². The lowest BCUT2D eigenvalue weighted by atomic mass is 10.1. The number of likely N-dealkylation sites (tertiary alicyclic amines) is 1. The Morgan fingerprint density at radius 2 is 2.36 bits per heavy atom. The molecule has 1 N–H and O–H groups in total. The summed E-state index contributed by atoms with van der Waals surface area (Å²) in [6.45, 7) is 0.783. The number of hydrogen-bond donors (Lipinski definition) is 1. The number of rotatable bonds is 2. The van der Waals surface area contributed by atoms with Crippen molar-refractivity contribution in [1.82, 2.24) is 24.6 Å². The van der Waals surface area contributed by atoms with E-state index in [9.17, 15) is 4.79 Å².